The van der Waals surface area contributed by atoms with Crippen molar-refractivity contribution in [3.05, 3.63) is 71.2 Å². The Hall–Kier alpha value is -1.19. The molecule has 0 fully saturated rings. The number of benzene rings is 2. The van der Waals surface area contributed by atoms with Crippen molar-refractivity contribution in [1.29, 1.82) is 0 Å². The molecule has 0 bridgehead atoms. The maximum absolute atomic E-state index is 3.78. The van der Waals surface area contributed by atoms with Gasteiger partial charge >= 0.3 is 0 Å². The van der Waals surface area contributed by atoms with Crippen LogP contribution >= 0.6 is 27.7 Å². The van der Waals surface area contributed by atoms with Crippen molar-refractivity contribution < 1.29 is 0 Å². The summed E-state index contributed by atoms with van der Waals surface area (Å²) in [6, 6.07) is 17.0. The lowest BCUT2D eigenvalue weighted by Crippen LogP contribution is -2.08. The molecule has 0 amide bonds. The second-order valence-corrected chi connectivity index (χ2v) is 6.40. The van der Waals surface area contributed by atoms with Crippen LogP contribution in [0.5, 0.6) is 0 Å². The normalized spacial score (nSPS) is 11.9. The first-order chi connectivity index (χ1) is 9.72. The second kappa shape index (κ2) is 7.55. The molecule has 0 radical (unpaired) electrons. The molecular weight excluding hydrogens is 330 g/mol. The number of hydrogen-bond acceptors (Lipinski definition) is 2. The molecule has 0 heterocycles. The summed E-state index contributed by atoms with van der Waals surface area (Å²) in [5, 5.41) is 3.59. The predicted molar refractivity (Wildman–Crippen MR) is 93.5 cm³/mol. The zero-order valence-electron chi connectivity index (χ0n) is 11.5. The van der Waals surface area contributed by atoms with Crippen LogP contribution in [-0.2, 0) is 0 Å². The first-order valence-corrected chi connectivity index (χ1v) is 8.34. The van der Waals surface area contributed by atoms with Gasteiger partial charge in [-0.05, 0) is 30.7 Å². The third kappa shape index (κ3) is 3.90. The van der Waals surface area contributed by atoms with Crippen molar-refractivity contribution in [3.8, 4) is 0 Å². The summed E-state index contributed by atoms with van der Waals surface area (Å²) in [5.41, 5.74) is 2.43. The third-order valence-electron chi connectivity index (χ3n) is 2.99. The van der Waals surface area contributed by atoms with Crippen LogP contribution in [0.1, 0.15) is 18.5 Å². The largest absolute Gasteiger partial charge is 0.378 e. The van der Waals surface area contributed by atoms with Gasteiger partial charge in [-0.25, -0.2) is 0 Å². The lowest BCUT2D eigenvalue weighted by Gasteiger charge is -2.19. The average molecular weight is 348 g/mol. The number of anilines is 1. The molecule has 1 nitrogen and oxygen atoms in total. The van der Waals surface area contributed by atoms with Gasteiger partial charge in [-0.3, -0.25) is 0 Å². The highest BCUT2D eigenvalue weighted by Gasteiger charge is 2.10. The molecule has 0 aliphatic carbocycles. The van der Waals surface area contributed by atoms with Gasteiger partial charge in [0.1, 0.15) is 0 Å². The van der Waals surface area contributed by atoms with Crippen LogP contribution < -0.4 is 5.32 Å². The Morgan fingerprint density at radius 2 is 1.90 bits per heavy atom. The van der Waals surface area contributed by atoms with Crippen molar-refractivity contribution in [2.45, 2.75) is 17.9 Å². The van der Waals surface area contributed by atoms with E-state index >= 15 is 0 Å². The summed E-state index contributed by atoms with van der Waals surface area (Å²) >= 11 is 5.41. The summed E-state index contributed by atoms with van der Waals surface area (Å²) in [6.45, 7) is 5.95. The van der Waals surface area contributed by atoms with E-state index in [0.29, 0.717) is 0 Å². The molecule has 1 unspecified atom stereocenters. The van der Waals surface area contributed by atoms with Crippen LogP contribution in [0.15, 0.2) is 70.6 Å². The average Bonchev–Trinajstić information content (AvgIpc) is 2.46. The van der Waals surface area contributed by atoms with Gasteiger partial charge in [0.05, 0.1) is 0 Å². The highest BCUT2D eigenvalue weighted by atomic mass is 79.9. The molecule has 0 aliphatic rings. The highest BCUT2D eigenvalue weighted by Crippen LogP contribution is 2.31. The molecular formula is C17H18BrNS. The molecule has 0 saturated carbocycles. The van der Waals surface area contributed by atoms with E-state index in [2.05, 4.69) is 77.2 Å². The number of halogens is 1. The van der Waals surface area contributed by atoms with Crippen molar-refractivity contribution in [2.24, 2.45) is 0 Å². The molecule has 0 spiro atoms. The van der Waals surface area contributed by atoms with E-state index in [1.807, 2.05) is 12.1 Å². The lowest BCUT2D eigenvalue weighted by molar-refractivity contribution is 0.874. The van der Waals surface area contributed by atoms with E-state index in [1.165, 1.54) is 16.1 Å². The molecule has 2 aromatic rings. The summed E-state index contributed by atoms with van der Waals surface area (Å²) in [7, 11) is 0. The Balaban J connectivity index is 2.17. The fourth-order valence-corrected chi connectivity index (χ4v) is 3.38. The number of thioether (sulfide) groups is 1. The van der Waals surface area contributed by atoms with E-state index in [0.717, 1.165) is 10.2 Å². The Bertz CT molecular complexity index is 583. The van der Waals surface area contributed by atoms with Crippen LogP contribution in [0, 0.1) is 0 Å². The zero-order chi connectivity index (χ0) is 14.4. The van der Waals surface area contributed by atoms with E-state index in [9.17, 15) is 0 Å². The minimum Gasteiger partial charge on any atom is -0.378 e. The Kier molecular flexibility index (Phi) is 5.74. The number of nitrogens with one attached hydrogen (secondary N) is 1. The van der Waals surface area contributed by atoms with Crippen molar-refractivity contribution >= 4 is 33.4 Å². The topological polar surface area (TPSA) is 12.0 Å². The number of hydrogen-bond donors (Lipinski definition) is 1. The first kappa shape index (κ1) is 15.2. The molecule has 3 heteroatoms. The van der Waals surface area contributed by atoms with Crippen molar-refractivity contribution in [2.75, 3.05) is 11.1 Å². The lowest BCUT2D eigenvalue weighted by atomic mass is 10.1. The monoisotopic (exact) mass is 347 g/mol. The molecule has 2 rings (SSSR count). The Labute approximate surface area is 133 Å². The van der Waals surface area contributed by atoms with Gasteiger partial charge in [0, 0.05) is 26.9 Å². The van der Waals surface area contributed by atoms with E-state index < -0.39 is 0 Å². The maximum atomic E-state index is 3.78. The molecule has 104 valence electrons. The minimum atomic E-state index is 0.246. The van der Waals surface area contributed by atoms with Crippen LogP contribution in [-0.4, -0.2) is 5.75 Å². The molecule has 20 heavy (non-hydrogen) atoms. The maximum Gasteiger partial charge on any atom is 0.0497 e. The Morgan fingerprint density at radius 1 is 1.20 bits per heavy atom. The van der Waals surface area contributed by atoms with E-state index in [4.69, 9.17) is 0 Å². The van der Waals surface area contributed by atoms with E-state index in [-0.39, 0.29) is 6.04 Å². The number of para-hydroxylation sites is 1. The molecule has 2 aromatic carbocycles. The van der Waals surface area contributed by atoms with Gasteiger partial charge in [-0.15, -0.1) is 18.3 Å². The van der Waals surface area contributed by atoms with Crippen LogP contribution in [0.3, 0.4) is 0 Å². The molecule has 1 atom stereocenters. The van der Waals surface area contributed by atoms with Crippen LogP contribution in [0.25, 0.3) is 0 Å². The van der Waals surface area contributed by atoms with Crippen molar-refractivity contribution in [3.63, 3.8) is 0 Å². The molecule has 1 N–H and O–H groups in total. The quantitative estimate of drug-likeness (QED) is 0.515. The second-order valence-electron chi connectivity index (χ2n) is 4.48. The van der Waals surface area contributed by atoms with Gasteiger partial charge in [0.15, 0.2) is 0 Å². The summed E-state index contributed by atoms with van der Waals surface area (Å²) in [5.74, 6) is 0.919. The van der Waals surface area contributed by atoms with Gasteiger partial charge < -0.3 is 5.32 Å². The van der Waals surface area contributed by atoms with Gasteiger partial charge in [-0.2, -0.15) is 0 Å². The summed E-state index contributed by atoms with van der Waals surface area (Å²) in [6.07, 6.45) is 1.93. The predicted octanol–water partition coefficient (Wildman–Crippen LogP) is 5.90. The number of rotatable bonds is 6. The fourth-order valence-electron chi connectivity index (χ4n) is 2.00. The first-order valence-electron chi connectivity index (χ1n) is 6.56. The SMILES string of the molecule is C=CCSc1ccccc1NC(C)c1ccccc1Br. The van der Waals surface area contributed by atoms with Gasteiger partial charge in [-0.1, -0.05) is 52.3 Å². The van der Waals surface area contributed by atoms with Crippen molar-refractivity contribution in [1.82, 2.24) is 0 Å². The van der Waals surface area contributed by atoms with Crippen LogP contribution in [0.2, 0.25) is 0 Å². The van der Waals surface area contributed by atoms with Gasteiger partial charge in [0.25, 0.3) is 0 Å². The van der Waals surface area contributed by atoms with Gasteiger partial charge in [0.2, 0.25) is 0 Å². The molecule has 0 aromatic heterocycles. The molecule has 0 saturated heterocycles. The smallest absolute Gasteiger partial charge is 0.0497 e. The fraction of sp³-hybridized carbons (Fsp3) is 0.176. The standard InChI is InChI=1S/C17H18BrNS/c1-3-12-20-17-11-7-6-10-16(17)19-13(2)14-8-4-5-9-15(14)18/h3-11,13,19H,1,12H2,2H3. The highest BCUT2D eigenvalue weighted by molar-refractivity contribution is 9.10. The summed E-state index contributed by atoms with van der Waals surface area (Å²) < 4.78 is 1.14. The summed E-state index contributed by atoms with van der Waals surface area (Å²) in [4.78, 5) is 1.26. The minimum absolute atomic E-state index is 0.246. The zero-order valence-corrected chi connectivity index (χ0v) is 13.9. The third-order valence-corrected chi connectivity index (χ3v) is 4.78. The Morgan fingerprint density at radius 3 is 2.65 bits per heavy atom. The molecule has 0 aliphatic heterocycles. The van der Waals surface area contributed by atoms with Crippen LogP contribution in [0.4, 0.5) is 5.69 Å². The van der Waals surface area contributed by atoms with E-state index in [1.54, 1.807) is 11.8 Å².